The van der Waals surface area contributed by atoms with E-state index >= 15 is 0 Å². The van der Waals surface area contributed by atoms with E-state index < -0.39 is 0 Å². The molecule has 2 N–H and O–H groups in total. The smallest absolute Gasteiger partial charge is 0.181 e. The molecule has 1 aliphatic heterocycles. The summed E-state index contributed by atoms with van der Waals surface area (Å²) in [6, 6.07) is 6.45. The SMILES string of the molecule is CN(C)CC1=CC(c2cnc3n[nH]c(-c4cc5c(-c6ccsc6)cncc5[nH]4)c3c2)=CCN=C1. The molecule has 0 unspecified atom stereocenters. The van der Waals surface area contributed by atoms with Crippen LogP contribution < -0.4 is 0 Å². The number of allylic oxidation sites excluding steroid dienone is 2. The minimum atomic E-state index is 0.652. The fourth-order valence-electron chi connectivity index (χ4n) is 4.37. The Kier molecular flexibility index (Phi) is 5.16. The molecule has 0 saturated carbocycles. The highest BCUT2D eigenvalue weighted by molar-refractivity contribution is 7.08. The van der Waals surface area contributed by atoms with Gasteiger partial charge in [-0.25, -0.2) is 4.98 Å². The summed E-state index contributed by atoms with van der Waals surface area (Å²) in [5.74, 6) is 0. The van der Waals surface area contributed by atoms with E-state index in [0.717, 1.165) is 50.9 Å². The Hall–Kier alpha value is -3.88. The number of nitrogens with zero attached hydrogens (tertiary/aromatic N) is 5. The molecule has 6 rings (SSSR count). The van der Waals surface area contributed by atoms with Gasteiger partial charge in [0.05, 0.1) is 29.6 Å². The van der Waals surface area contributed by atoms with Crippen LogP contribution in [0, 0.1) is 0 Å². The van der Waals surface area contributed by atoms with Crippen molar-refractivity contribution in [3.8, 4) is 22.5 Å². The van der Waals surface area contributed by atoms with Crippen molar-refractivity contribution < 1.29 is 0 Å². The summed E-state index contributed by atoms with van der Waals surface area (Å²) in [6.45, 7) is 1.49. The molecule has 5 aromatic heterocycles. The van der Waals surface area contributed by atoms with Gasteiger partial charge in [0.25, 0.3) is 0 Å². The highest BCUT2D eigenvalue weighted by Gasteiger charge is 2.15. The third-order valence-electron chi connectivity index (χ3n) is 5.90. The summed E-state index contributed by atoms with van der Waals surface area (Å²) >= 11 is 1.69. The molecule has 0 fully saturated rings. The molecule has 0 spiro atoms. The second-order valence-electron chi connectivity index (χ2n) is 8.65. The number of fused-ring (bicyclic) bond motifs is 2. The molecular formula is C26H23N7S. The van der Waals surface area contributed by atoms with Crippen molar-refractivity contribution in [2.75, 3.05) is 27.2 Å². The number of H-pyrrole nitrogens is 2. The zero-order valence-electron chi connectivity index (χ0n) is 18.9. The molecule has 168 valence electrons. The minimum Gasteiger partial charge on any atom is -0.352 e. The van der Waals surface area contributed by atoms with E-state index in [9.17, 15) is 0 Å². The monoisotopic (exact) mass is 465 g/mol. The highest BCUT2D eigenvalue weighted by atomic mass is 32.1. The average molecular weight is 466 g/mol. The number of hydrogen-bond acceptors (Lipinski definition) is 6. The number of rotatable bonds is 5. The van der Waals surface area contributed by atoms with Crippen LogP contribution in [0.25, 0.3) is 50.0 Å². The first kappa shape index (κ1) is 20.7. The first-order valence-corrected chi connectivity index (χ1v) is 12.0. The number of aromatic amines is 2. The van der Waals surface area contributed by atoms with E-state index in [4.69, 9.17) is 0 Å². The van der Waals surface area contributed by atoms with Crippen molar-refractivity contribution >= 4 is 45.1 Å². The molecule has 8 heteroatoms. The van der Waals surface area contributed by atoms with Crippen molar-refractivity contribution in [3.63, 3.8) is 0 Å². The maximum Gasteiger partial charge on any atom is 0.181 e. The van der Waals surface area contributed by atoms with E-state index in [1.54, 1.807) is 11.3 Å². The predicted octanol–water partition coefficient (Wildman–Crippen LogP) is 5.19. The average Bonchev–Trinajstić information content (AvgIpc) is 3.56. The lowest BCUT2D eigenvalue weighted by Crippen LogP contribution is -2.15. The third kappa shape index (κ3) is 3.76. The van der Waals surface area contributed by atoms with Crippen LogP contribution in [-0.2, 0) is 0 Å². The molecule has 0 aliphatic carbocycles. The Bertz CT molecular complexity index is 1580. The van der Waals surface area contributed by atoms with Gasteiger partial charge in [0.2, 0.25) is 0 Å². The maximum atomic E-state index is 4.64. The molecule has 5 aromatic rings. The van der Waals surface area contributed by atoms with Crippen molar-refractivity contribution in [3.05, 3.63) is 70.8 Å². The first-order valence-electron chi connectivity index (χ1n) is 11.0. The van der Waals surface area contributed by atoms with Gasteiger partial charge < -0.3 is 9.88 Å². The van der Waals surface area contributed by atoms with Crippen molar-refractivity contribution in [2.24, 2.45) is 4.99 Å². The Labute approximate surface area is 200 Å². The van der Waals surface area contributed by atoms with Gasteiger partial charge >= 0.3 is 0 Å². The van der Waals surface area contributed by atoms with Gasteiger partial charge in [-0.1, -0.05) is 6.08 Å². The molecule has 0 aromatic carbocycles. The lowest BCUT2D eigenvalue weighted by molar-refractivity contribution is 0.451. The molecule has 1 aliphatic rings. The zero-order chi connectivity index (χ0) is 23.1. The Morgan fingerprint density at radius 2 is 2.03 bits per heavy atom. The summed E-state index contributed by atoms with van der Waals surface area (Å²) in [5.41, 5.74) is 9.20. The fraction of sp³-hybridized carbons (Fsp3) is 0.154. The van der Waals surface area contributed by atoms with Crippen LogP contribution in [0.5, 0.6) is 0 Å². The van der Waals surface area contributed by atoms with E-state index in [2.05, 4.69) is 90.2 Å². The third-order valence-corrected chi connectivity index (χ3v) is 6.59. The zero-order valence-corrected chi connectivity index (χ0v) is 19.7. The van der Waals surface area contributed by atoms with Crippen LogP contribution in [0.15, 0.2) is 70.3 Å². The lowest BCUT2D eigenvalue weighted by atomic mass is 10.0. The van der Waals surface area contributed by atoms with Crippen LogP contribution in [0.3, 0.4) is 0 Å². The summed E-state index contributed by atoms with van der Waals surface area (Å²) in [4.78, 5) is 19.3. The van der Waals surface area contributed by atoms with Crippen LogP contribution in [0.2, 0.25) is 0 Å². The van der Waals surface area contributed by atoms with E-state index in [-0.39, 0.29) is 0 Å². The van der Waals surface area contributed by atoms with Crippen LogP contribution in [0.4, 0.5) is 0 Å². The van der Waals surface area contributed by atoms with Gasteiger partial charge in [-0.2, -0.15) is 16.4 Å². The van der Waals surface area contributed by atoms with Gasteiger partial charge in [-0.3, -0.25) is 15.1 Å². The van der Waals surface area contributed by atoms with Gasteiger partial charge in [-0.15, -0.1) is 0 Å². The molecule has 0 saturated heterocycles. The fourth-order valence-corrected chi connectivity index (χ4v) is 5.02. The number of aromatic nitrogens is 5. The van der Waals surface area contributed by atoms with E-state index in [1.165, 1.54) is 11.1 Å². The molecule has 7 nitrogen and oxygen atoms in total. The van der Waals surface area contributed by atoms with Crippen LogP contribution in [0.1, 0.15) is 5.56 Å². The molecule has 0 bridgehead atoms. The highest BCUT2D eigenvalue weighted by Crippen LogP contribution is 2.34. The molecule has 0 radical (unpaired) electrons. The Morgan fingerprint density at radius 3 is 2.88 bits per heavy atom. The lowest BCUT2D eigenvalue weighted by Gasteiger charge is -2.10. The van der Waals surface area contributed by atoms with Crippen molar-refractivity contribution in [2.45, 2.75) is 0 Å². The normalized spacial score (nSPS) is 14.1. The second-order valence-corrected chi connectivity index (χ2v) is 9.43. The van der Waals surface area contributed by atoms with Crippen molar-refractivity contribution in [1.82, 2.24) is 30.0 Å². The summed E-state index contributed by atoms with van der Waals surface area (Å²) in [6.07, 6.45) is 12.0. The topological polar surface area (TPSA) is 85.9 Å². The van der Waals surface area contributed by atoms with Gasteiger partial charge in [0.15, 0.2) is 5.65 Å². The molecule has 34 heavy (non-hydrogen) atoms. The summed E-state index contributed by atoms with van der Waals surface area (Å²) < 4.78 is 0. The van der Waals surface area contributed by atoms with Gasteiger partial charge in [0, 0.05) is 47.1 Å². The van der Waals surface area contributed by atoms with Gasteiger partial charge in [0.1, 0.15) is 0 Å². The standard InChI is InChI=1S/C26H23N7S/c1-33(2)14-16-7-17(3-5-27-10-16)19-8-21-25(31-32-26(21)29-11-19)23-9-20-22(18-4-6-34-15-18)12-28-13-24(20)30-23/h3-4,6-13,15,30H,5,14H2,1-2H3,(H,29,31,32). The summed E-state index contributed by atoms with van der Waals surface area (Å²) in [5, 5.41) is 14.0. The minimum absolute atomic E-state index is 0.652. The predicted molar refractivity (Wildman–Crippen MR) is 140 cm³/mol. The second kappa shape index (κ2) is 8.48. The molecule has 6 heterocycles. The Balaban J connectivity index is 1.44. The summed E-state index contributed by atoms with van der Waals surface area (Å²) in [7, 11) is 4.13. The Morgan fingerprint density at radius 1 is 1.09 bits per heavy atom. The maximum absolute atomic E-state index is 4.64. The first-order chi connectivity index (χ1) is 16.7. The van der Waals surface area contributed by atoms with E-state index in [0.29, 0.717) is 12.2 Å². The van der Waals surface area contributed by atoms with E-state index in [1.807, 2.05) is 24.8 Å². The largest absolute Gasteiger partial charge is 0.352 e. The number of aliphatic imine (C=N–C) groups is 1. The van der Waals surface area contributed by atoms with Gasteiger partial charge in [-0.05, 0) is 65.8 Å². The van der Waals surface area contributed by atoms with Crippen LogP contribution >= 0.6 is 11.3 Å². The molecular weight excluding hydrogens is 442 g/mol. The number of thiophene rings is 1. The number of hydrogen-bond donors (Lipinski definition) is 2. The number of nitrogens with one attached hydrogen (secondary N) is 2. The van der Waals surface area contributed by atoms with Crippen molar-refractivity contribution in [1.29, 1.82) is 0 Å². The number of likely N-dealkylation sites (N-methyl/N-ethyl adjacent to an activating group) is 1. The molecule has 0 amide bonds. The molecule has 0 atom stereocenters. The quantitative estimate of drug-likeness (QED) is 0.374. The van der Waals surface area contributed by atoms with Crippen LogP contribution in [-0.4, -0.2) is 63.4 Å². The number of pyridine rings is 2.